The molecule has 2 aliphatic rings. The Hall–Kier alpha value is -2.34. The van der Waals surface area contributed by atoms with Gasteiger partial charge in [-0.25, -0.2) is 0 Å². The number of carbonyl (C=O) groups is 2. The van der Waals surface area contributed by atoms with Gasteiger partial charge < -0.3 is 15.5 Å². The van der Waals surface area contributed by atoms with Crippen LogP contribution in [0.4, 0.5) is 22.7 Å². The predicted molar refractivity (Wildman–Crippen MR) is 102 cm³/mol. The molecule has 2 aromatic rings. The molecule has 4 rings (SSSR count). The van der Waals surface area contributed by atoms with E-state index in [4.69, 9.17) is 0 Å². The Morgan fingerprint density at radius 1 is 1.20 bits per heavy atom. The Bertz CT molecular complexity index is 908. The van der Waals surface area contributed by atoms with Crippen LogP contribution in [0.25, 0.3) is 0 Å². The van der Waals surface area contributed by atoms with Crippen LogP contribution >= 0.6 is 15.9 Å². The van der Waals surface area contributed by atoms with Gasteiger partial charge in [-0.15, -0.1) is 0 Å². The van der Waals surface area contributed by atoms with Gasteiger partial charge in [0.2, 0.25) is 11.8 Å². The summed E-state index contributed by atoms with van der Waals surface area (Å²) >= 11 is 3.54. The number of benzene rings is 2. The van der Waals surface area contributed by atoms with Crippen LogP contribution in [0.5, 0.6) is 0 Å². The van der Waals surface area contributed by atoms with Crippen molar-refractivity contribution in [2.45, 2.75) is 25.7 Å². The highest BCUT2D eigenvalue weighted by molar-refractivity contribution is 9.10. The molecule has 0 unspecified atom stereocenters. The highest BCUT2D eigenvalue weighted by Gasteiger charge is 2.41. The molecule has 25 heavy (non-hydrogen) atoms. The molecule has 0 saturated heterocycles. The fraction of sp³-hybridized carbons (Fsp3) is 0.263. The van der Waals surface area contributed by atoms with Crippen molar-refractivity contribution in [1.82, 2.24) is 0 Å². The molecule has 2 heterocycles. The normalized spacial score (nSPS) is 17.8. The number of amides is 2. The van der Waals surface area contributed by atoms with Gasteiger partial charge in [0.25, 0.3) is 0 Å². The molecule has 0 fully saturated rings. The zero-order valence-corrected chi connectivity index (χ0v) is 15.6. The van der Waals surface area contributed by atoms with Crippen LogP contribution in [0.15, 0.2) is 40.9 Å². The number of nitrogens with zero attached hydrogens (tertiary/aromatic N) is 1. The summed E-state index contributed by atoms with van der Waals surface area (Å²) in [5.41, 5.74) is 4.12. The molecule has 0 saturated carbocycles. The van der Waals surface area contributed by atoms with Gasteiger partial charge >= 0.3 is 0 Å². The maximum atomic E-state index is 12.5. The second-order valence-corrected chi connectivity index (χ2v) is 7.97. The van der Waals surface area contributed by atoms with Gasteiger partial charge in [-0.1, -0.05) is 26.0 Å². The second-order valence-electron chi connectivity index (χ2n) is 7.11. The minimum atomic E-state index is -0.286. The molecule has 0 atom stereocenters. The quantitative estimate of drug-likeness (QED) is 0.796. The summed E-state index contributed by atoms with van der Waals surface area (Å²) in [4.78, 5) is 26.1. The first-order valence-electron chi connectivity index (χ1n) is 8.15. The Kier molecular flexibility index (Phi) is 3.61. The van der Waals surface area contributed by atoms with E-state index >= 15 is 0 Å². The van der Waals surface area contributed by atoms with E-state index in [0.717, 1.165) is 27.1 Å². The molecule has 0 bridgehead atoms. The molecule has 0 radical (unpaired) electrons. The standard InChI is InChI=1S/C19H18BrN3O2/c1-19(2)9-17(25)23-10-16(24)22-15-8-11(7-12(19)18(15)23)21-14-6-4-3-5-13(14)20/h3-8,21H,9-10H2,1-2H3,(H,22,24). The summed E-state index contributed by atoms with van der Waals surface area (Å²) < 4.78 is 0.960. The van der Waals surface area contributed by atoms with Crippen molar-refractivity contribution in [1.29, 1.82) is 0 Å². The average molecular weight is 400 g/mol. The summed E-state index contributed by atoms with van der Waals surface area (Å²) in [6.07, 6.45) is 0.394. The van der Waals surface area contributed by atoms with Crippen LogP contribution in [-0.2, 0) is 15.0 Å². The van der Waals surface area contributed by atoms with E-state index in [0.29, 0.717) is 12.1 Å². The maximum Gasteiger partial charge on any atom is 0.244 e. The number of nitrogens with one attached hydrogen (secondary N) is 2. The van der Waals surface area contributed by atoms with E-state index in [9.17, 15) is 9.59 Å². The molecule has 0 spiro atoms. The molecular weight excluding hydrogens is 382 g/mol. The third kappa shape index (κ3) is 2.70. The van der Waals surface area contributed by atoms with Crippen molar-refractivity contribution < 1.29 is 9.59 Å². The fourth-order valence-electron chi connectivity index (χ4n) is 3.52. The van der Waals surface area contributed by atoms with Crippen molar-refractivity contribution in [3.63, 3.8) is 0 Å². The number of hydrogen-bond donors (Lipinski definition) is 2. The van der Waals surface area contributed by atoms with Gasteiger partial charge in [0.1, 0.15) is 6.54 Å². The minimum Gasteiger partial charge on any atom is -0.355 e. The molecular formula is C19H18BrN3O2. The van der Waals surface area contributed by atoms with Crippen LogP contribution < -0.4 is 15.5 Å². The van der Waals surface area contributed by atoms with Crippen molar-refractivity contribution in [2.75, 3.05) is 22.1 Å². The van der Waals surface area contributed by atoms with Crippen LogP contribution in [0.1, 0.15) is 25.8 Å². The van der Waals surface area contributed by atoms with Gasteiger partial charge in [-0.2, -0.15) is 0 Å². The lowest BCUT2D eigenvalue weighted by molar-refractivity contribution is -0.123. The molecule has 2 N–H and O–H groups in total. The lowest BCUT2D eigenvalue weighted by Crippen LogP contribution is -2.48. The largest absolute Gasteiger partial charge is 0.355 e. The first-order chi connectivity index (χ1) is 11.8. The minimum absolute atomic E-state index is 0.000105. The Labute approximate surface area is 154 Å². The van der Waals surface area contributed by atoms with Crippen molar-refractivity contribution in [2.24, 2.45) is 0 Å². The van der Waals surface area contributed by atoms with Crippen LogP contribution in [0.2, 0.25) is 0 Å². The second kappa shape index (κ2) is 5.59. The predicted octanol–water partition coefficient (Wildman–Crippen LogP) is 4.16. The molecule has 128 valence electrons. The molecule has 0 aliphatic carbocycles. The van der Waals surface area contributed by atoms with Crippen molar-refractivity contribution >= 4 is 50.5 Å². The molecule has 2 aliphatic heterocycles. The monoisotopic (exact) mass is 399 g/mol. The molecule has 2 amide bonds. The molecule has 6 heteroatoms. The zero-order chi connectivity index (χ0) is 17.8. The van der Waals surface area contributed by atoms with Crippen molar-refractivity contribution in [3.8, 4) is 0 Å². The van der Waals surface area contributed by atoms with Crippen LogP contribution in [0.3, 0.4) is 0 Å². The van der Waals surface area contributed by atoms with Gasteiger partial charge in [0, 0.05) is 22.0 Å². The van der Waals surface area contributed by atoms with Gasteiger partial charge in [0.05, 0.1) is 17.1 Å². The first-order valence-corrected chi connectivity index (χ1v) is 8.95. The van der Waals surface area contributed by atoms with E-state index < -0.39 is 0 Å². The Morgan fingerprint density at radius 3 is 2.72 bits per heavy atom. The highest BCUT2D eigenvalue weighted by Crippen LogP contribution is 2.47. The number of rotatable bonds is 2. The highest BCUT2D eigenvalue weighted by atomic mass is 79.9. The molecule has 5 nitrogen and oxygen atoms in total. The summed E-state index contributed by atoms with van der Waals surface area (Å²) in [5, 5.41) is 6.31. The SMILES string of the molecule is CC1(C)CC(=O)N2CC(=O)Nc3cc(Nc4ccccc4Br)cc1c32. The van der Waals surface area contributed by atoms with E-state index in [1.165, 1.54) is 0 Å². The number of para-hydroxylation sites is 1. The van der Waals surface area contributed by atoms with Crippen molar-refractivity contribution in [3.05, 3.63) is 46.4 Å². The van der Waals surface area contributed by atoms with Crippen LogP contribution in [-0.4, -0.2) is 18.4 Å². The smallest absolute Gasteiger partial charge is 0.244 e. The van der Waals surface area contributed by atoms with E-state index in [1.807, 2.05) is 30.3 Å². The van der Waals surface area contributed by atoms with E-state index in [-0.39, 0.29) is 23.8 Å². The van der Waals surface area contributed by atoms with Gasteiger partial charge in [-0.3, -0.25) is 9.59 Å². The number of carbonyl (C=O) groups excluding carboxylic acids is 2. The maximum absolute atomic E-state index is 12.5. The third-order valence-electron chi connectivity index (χ3n) is 4.73. The number of halogens is 1. The fourth-order valence-corrected chi connectivity index (χ4v) is 3.90. The topological polar surface area (TPSA) is 61.4 Å². The van der Waals surface area contributed by atoms with Crippen LogP contribution in [0, 0.1) is 0 Å². The summed E-state index contributed by atoms with van der Waals surface area (Å²) in [6.45, 7) is 4.22. The van der Waals surface area contributed by atoms with E-state index in [2.05, 4.69) is 46.5 Å². The van der Waals surface area contributed by atoms with Gasteiger partial charge in [0.15, 0.2) is 0 Å². The Morgan fingerprint density at radius 2 is 1.96 bits per heavy atom. The number of hydrogen-bond acceptors (Lipinski definition) is 3. The zero-order valence-electron chi connectivity index (χ0n) is 14.0. The first kappa shape index (κ1) is 16.1. The lowest BCUT2D eigenvalue weighted by Gasteiger charge is -2.42. The average Bonchev–Trinajstić information content (AvgIpc) is 2.53. The number of anilines is 4. The lowest BCUT2D eigenvalue weighted by atomic mass is 9.76. The summed E-state index contributed by atoms with van der Waals surface area (Å²) in [6, 6.07) is 11.8. The molecule has 2 aromatic carbocycles. The Balaban J connectivity index is 1.85. The summed E-state index contributed by atoms with van der Waals surface area (Å²) in [5.74, 6) is -0.162. The third-order valence-corrected chi connectivity index (χ3v) is 5.42. The van der Waals surface area contributed by atoms with E-state index in [1.54, 1.807) is 4.90 Å². The molecule has 0 aromatic heterocycles. The van der Waals surface area contributed by atoms with Gasteiger partial charge in [-0.05, 0) is 45.8 Å². The summed E-state index contributed by atoms with van der Waals surface area (Å²) in [7, 11) is 0.